The Labute approximate surface area is 222 Å². The molecule has 0 atom stereocenters. The van der Waals surface area contributed by atoms with Gasteiger partial charge in [0, 0.05) is 55.9 Å². The van der Waals surface area contributed by atoms with Crippen LogP contribution in [0.4, 0.5) is 5.82 Å². The highest BCUT2D eigenvalue weighted by molar-refractivity contribution is 5.79. The maximum atomic E-state index is 13.4. The van der Waals surface area contributed by atoms with Crippen molar-refractivity contribution in [2.24, 2.45) is 0 Å². The highest BCUT2D eigenvalue weighted by Gasteiger charge is 2.24. The Morgan fingerprint density at radius 2 is 1.71 bits per heavy atom. The lowest BCUT2D eigenvalue weighted by atomic mass is 10.1. The van der Waals surface area contributed by atoms with E-state index in [4.69, 9.17) is 14.5 Å². The van der Waals surface area contributed by atoms with Gasteiger partial charge in [0.25, 0.3) is 0 Å². The minimum Gasteiger partial charge on any atom is -0.497 e. The molecule has 0 unspecified atom stereocenters. The number of aromatic nitrogens is 3. The lowest BCUT2D eigenvalue weighted by molar-refractivity contribution is -0.130. The van der Waals surface area contributed by atoms with Crippen LogP contribution in [0.5, 0.6) is 11.5 Å². The van der Waals surface area contributed by atoms with E-state index in [0.717, 1.165) is 39.8 Å². The van der Waals surface area contributed by atoms with Crippen LogP contribution in [0.1, 0.15) is 11.4 Å². The lowest BCUT2D eigenvalue weighted by Gasteiger charge is -2.35. The molecule has 0 radical (unpaired) electrons. The van der Waals surface area contributed by atoms with Gasteiger partial charge in [-0.1, -0.05) is 36.9 Å². The quantitative estimate of drug-likeness (QED) is 0.349. The number of pyridine rings is 1. The van der Waals surface area contributed by atoms with Crippen molar-refractivity contribution in [3.63, 3.8) is 0 Å². The van der Waals surface area contributed by atoms with Crippen LogP contribution in [0, 0.1) is 0 Å². The maximum absolute atomic E-state index is 13.4. The second-order valence-electron chi connectivity index (χ2n) is 9.04. The van der Waals surface area contributed by atoms with Crippen molar-refractivity contribution >= 4 is 17.8 Å². The number of piperazine rings is 1. The number of anilines is 1. The normalized spacial score (nSPS) is 13.3. The summed E-state index contributed by atoms with van der Waals surface area (Å²) in [6, 6.07) is 19.6. The van der Waals surface area contributed by atoms with Crippen LogP contribution in [0.15, 0.2) is 79.6 Å². The standard InChI is InChI=1S/C30H31N5O3/c1-4-22-8-10-24(11-9-22)35-21-27(23-6-5-7-25(18-23)37-2)32-29(35)20-30(36)34-16-14-33(15-17-34)28-19-26(38-3)12-13-31-28/h4-13,18-19,21H,1,14-17,20H2,2-3H3. The second kappa shape index (κ2) is 11.2. The van der Waals surface area contributed by atoms with Crippen molar-refractivity contribution in [2.75, 3.05) is 45.3 Å². The van der Waals surface area contributed by atoms with E-state index in [2.05, 4.69) is 16.5 Å². The molecule has 0 spiro atoms. The van der Waals surface area contributed by atoms with Crippen molar-refractivity contribution < 1.29 is 14.3 Å². The summed E-state index contributed by atoms with van der Waals surface area (Å²) >= 11 is 0. The molecule has 1 amide bonds. The molecule has 5 rings (SSSR count). The Morgan fingerprint density at radius 1 is 0.974 bits per heavy atom. The molecular weight excluding hydrogens is 478 g/mol. The summed E-state index contributed by atoms with van der Waals surface area (Å²) in [5.41, 5.74) is 3.68. The fourth-order valence-corrected chi connectivity index (χ4v) is 4.59. The number of hydrogen-bond donors (Lipinski definition) is 0. The predicted molar refractivity (Wildman–Crippen MR) is 149 cm³/mol. The molecule has 2 aromatic heterocycles. The fourth-order valence-electron chi connectivity index (χ4n) is 4.59. The second-order valence-corrected chi connectivity index (χ2v) is 9.04. The van der Waals surface area contributed by atoms with Gasteiger partial charge in [-0.2, -0.15) is 0 Å². The van der Waals surface area contributed by atoms with E-state index >= 15 is 0 Å². The van der Waals surface area contributed by atoms with Gasteiger partial charge in [0.15, 0.2) is 0 Å². The number of rotatable bonds is 8. The average Bonchev–Trinajstić information content (AvgIpc) is 3.41. The highest BCUT2D eigenvalue weighted by atomic mass is 16.5. The van der Waals surface area contributed by atoms with Crippen molar-refractivity contribution in [1.82, 2.24) is 19.4 Å². The molecule has 1 aliphatic heterocycles. The summed E-state index contributed by atoms with van der Waals surface area (Å²) in [5.74, 6) is 3.13. The van der Waals surface area contributed by atoms with E-state index in [9.17, 15) is 4.79 Å². The van der Waals surface area contributed by atoms with Crippen LogP contribution in [0.3, 0.4) is 0 Å². The number of methoxy groups -OCH3 is 2. The molecule has 38 heavy (non-hydrogen) atoms. The van der Waals surface area contributed by atoms with Crippen LogP contribution < -0.4 is 14.4 Å². The smallest absolute Gasteiger partial charge is 0.230 e. The molecule has 8 nitrogen and oxygen atoms in total. The summed E-state index contributed by atoms with van der Waals surface area (Å²) in [5, 5.41) is 0. The van der Waals surface area contributed by atoms with Crippen LogP contribution in [-0.4, -0.2) is 65.7 Å². The van der Waals surface area contributed by atoms with Gasteiger partial charge >= 0.3 is 0 Å². The molecule has 1 fully saturated rings. The number of nitrogens with zero attached hydrogens (tertiary/aromatic N) is 5. The van der Waals surface area contributed by atoms with E-state index in [0.29, 0.717) is 32.0 Å². The lowest BCUT2D eigenvalue weighted by Crippen LogP contribution is -2.49. The number of amides is 1. The van der Waals surface area contributed by atoms with Crippen LogP contribution in [-0.2, 0) is 11.2 Å². The Morgan fingerprint density at radius 3 is 2.42 bits per heavy atom. The van der Waals surface area contributed by atoms with Gasteiger partial charge in [0.05, 0.1) is 26.3 Å². The van der Waals surface area contributed by atoms with E-state index in [1.807, 2.05) is 82.4 Å². The summed E-state index contributed by atoms with van der Waals surface area (Å²) in [6.07, 6.45) is 5.73. The Hall–Kier alpha value is -4.59. The van der Waals surface area contributed by atoms with Gasteiger partial charge in [-0.25, -0.2) is 9.97 Å². The highest BCUT2D eigenvalue weighted by Crippen LogP contribution is 2.26. The van der Waals surface area contributed by atoms with Crippen LogP contribution in [0.2, 0.25) is 0 Å². The van der Waals surface area contributed by atoms with Gasteiger partial charge in [-0.05, 0) is 35.9 Å². The fraction of sp³-hybridized carbons (Fsp3) is 0.233. The van der Waals surface area contributed by atoms with Gasteiger partial charge < -0.3 is 23.8 Å². The SMILES string of the molecule is C=Cc1ccc(-n2cc(-c3cccc(OC)c3)nc2CC(=O)N2CCN(c3cc(OC)ccn3)CC2)cc1. The first-order valence-corrected chi connectivity index (χ1v) is 12.6. The minimum atomic E-state index is 0.0509. The Balaban J connectivity index is 1.36. The third-order valence-electron chi connectivity index (χ3n) is 6.77. The van der Waals surface area contributed by atoms with Crippen LogP contribution in [0.25, 0.3) is 23.0 Å². The molecule has 0 N–H and O–H groups in total. The number of imidazole rings is 1. The van der Waals surface area contributed by atoms with Crippen molar-refractivity contribution in [1.29, 1.82) is 0 Å². The molecular formula is C30H31N5O3. The largest absolute Gasteiger partial charge is 0.497 e. The minimum absolute atomic E-state index is 0.0509. The summed E-state index contributed by atoms with van der Waals surface area (Å²) in [4.78, 5) is 26.9. The molecule has 1 aliphatic rings. The van der Waals surface area contributed by atoms with Crippen molar-refractivity contribution in [3.05, 3.63) is 91.0 Å². The zero-order valence-electron chi connectivity index (χ0n) is 21.7. The summed E-state index contributed by atoms with van der Waals surface area (Å²) in [7, 11) is 3.29. The number of ether oxygens (including phenoxy) is 2. The van der Waals surface area contributed by atoms with Gasteiger partial charge in [-0.15, -0.1) is 0 Å². The molecule has 4 aromatic rings. The number of carbonyl (C=O) groups excluding carboxylic acids is 1. The molecule has 0 bridgehead atoms. The van der Waals surface area contributed by atoms with Gasteiger partial charge in [-0.3, -0.25) is 4.79 Å². The Kier molecular flexibility index (Phi) is 7.40. The first-order valence-electron chi connectivity index (χ1n) is 12.6. The van der Waals surface area contributed by atoms with Gasteiger partial charge in [0.2, 0.25) is 5.91 Å². The third-order valence-corrected chi connectivity index (χ3v) is 6.77. The topological polar surface area (TPSA) is 72.7 Å². The Bertz CT molecular complexity index is 1420. The zero-order valence-corrected chi connectivity index (χ0v) is 21.7. The maximum Gasteiger partial charge on any atom is 0.230 e. The first-order chi connectivity index (χ1) is 18.6. The van der Waals surface area contributed by atoms with E-state index in [1.54, 1.807) is 20.4 Å². The molecule has 8 heteroatoms. The number of benzene rings is 2. The van der Waals surface area contributed by atoms with E-state index in [1.165, 1.54) is 0 Å². The van der Waals surface area contributed by atoms with Crippen molar-refractivity contribution in [3.8, 4) is 28.4 Å². The number of hydrogen-bond acceptors (Lipinski definition) is 6. The van der Waals surface area contributed by atoms with E-state index < -0.39 is 0 Å². The first kappa shape index (κ1) is 25.1. The van der Waals surface area contributed by atoms with Gasteiger partial charge in [0.1, 0.15) is 23.1 Å². The van der Waals surface area contributed by atoms with Crippen LogP contribution >= 0.6 is 0 Å². The molecule has 1 saturated heterocycles. The third kappa shape index (κ3) is 5.39. The predicted octanol–water partition coefficient (Wildman–Crippen LogP) is 4.49. The summed E-state index contributed by atoms with van der Waals surface area (Å²) < 4.78 is 12.7. The average molecular weight is 510 g/mol. The zero-order chi connectivity index (χ0) is 26.5. The molecule has 0 aliphatic carbocycles. The molecule has 0 saturated carbocycles. The summed E-state index contributed by atoms with van der Waals surface area (Å²) in [6.45, 7) is 6.49. The van der Waals surface area contributed by atoms with E-state index in [-0.39, 0.29) is 12.3 Å². The monoisotopic (exact) mass is 509 g/mol. The molecule has 2 aromatic carbocycles. The number of carbonyl (C=O) groups is 1. The molecule has 3 heterocycles. The molecule has 194 valence electrons. The van der Waals surface area contributed by atoms with Crippen molar-refractivity contribution in [2.45, 2.75) is 6.42 Å².